The third-order valence-corrected chi connectivity index (χ3v) is 4.21. The Bertz CT molecular complexity index is 583. The van der Waals surface area contributed by atoms with Gasteiger partial charge in [0, 0.05) is 4.48 Å². The molecule has 0 bridgehead atoms. The second-order valence-corrected chi connectivity index (χ2v) is 6.74. The molecule has 2 atom stereocenters. The fraction of sp³-hybridized carbons (Fsp3) is 0.375. The van der Waals surface area contributed by atoms with Crippen LogP contribution in [0, 0.1) is 5.92 Å². The predicted molar refractivity (Wildman–Crippen MR) is 83.6 cm³/mol. The first-order valence-corrected chi connectivity index (χ1v) is 7.86. The first-order valence-electron chi connectivity index (χ1n) is 7.07. The van der Waals surface area contributed by atoms with Crippen molar-refractivity contribution >= 4 is 27.7 Å². The Morgan fingerprint density at radius 2 is 1.95 bits per heavy atom. The van der Waals surface area contributed by atoms with Crippen molar-refractivity contribution in [2.24, 2.45) is 5.92 Å². The number of halogens is 1. The number of nitrogens with zero attached hydrogens (tertiary/aromatic N) is 1. The lowest BCUT2D eigenvalue weighted by molar-refractivity contribution is -0.149. The van der Waals surface area contributed by atoms with Crippen molar-refractivity contribution in [2.45, 2.75) is 24.9 Å². The molecule has 0 radical (unpaired) electrons. The Morgan fingerprint density at radius 1 is 1.29 bits per heavy atom. The molecule has 1 heterocycles. The minimum Gasteiger partial charge on any atom is -0.342 e. The van der Waals surface area contributed by atoms with E-state index in [2.05, 4.69) is 27.8 Å². The zero-order chi connectivity index (χ0) is 15.0. The highest BCUT2D eigenvalue weighted by Gasteiger charge is 2.47. The minimum absolute atomic E-state index is 0.00782. The number of amides is 2. The monoisotopic (exact) mass is 348 g/mol. The number of rotatable bonds is 4. The van der Waals surface area contributed by atoms with Gasteiger partial charge >= 0.3 is 0 Å². The largest absolute Gasteiger partial charge is 0.342 e. The van der Waals surface area contributed by atoms with Crippen LogP contribution in [0.2, 0.25) is 0 Å². The van der Waals surface area contributed by atoms with Crippen LogP contribution < -0.4 is 5.32 Å². The quantitative estimate of drug-likeness (QED) is 0.907. The molecule has 110 valence electrons. The van der Waals surface area contributed by atoms with Crippen LogP contribution in [-0.4, -0.2) is 29.3 Å². The number of benzene rings is 1. The van der Waals surface area contributed by atoms with Crippen LogP contribution in [0.1, 0.15) is 24.4 Å². The fourth-order valence-electron chi connectivity index (χ4n) is 2.81. The van der Waals surface area contributed by atoms with Crippen LogP contribution >= 0.6 is 15.9 Å². The molecule has 2 aliphatic rings. The Labute approximate surface area is 132 Å². The van der Waals surface area contributed by atoms with Crippen molar-refractivity contribution in [3.63, 3.8) is 0 Å². The molecule has 0 spiro atoms. The summed E-state index contributed by atoms with van der Waals surface area (Å²) in [7, 11) is 0. The van der Waals surface area contributed by atoms with Gasteiger partial charge in [-0.2, -0.15) is 0 Å². The molecule has 1 N–H and O–H groups in total. The molecule has 4 nitrogen and oxygen atoms in total. The summed E-state index contributed by atoms with van der Waals surface area (Å²) in [6.07, 6.45) is 2.02. The Balaban J connectivity index is 1.94. The van der Waals surface area contributed by atoms with Crippen molar-refractivity contribution in [2.75, 3.05) is 6.54 Å². The van der Waals surface area contributed by atoms with E-state index < -0.39 is 6.04 Å². The van der Waals surface area contributed by atoms with Gasteiger partial charge in [-0.15, -0.1) is 0 Å². The topological polar surface area (TPSA) is 49.4 Å². The van der Waals surface area contributed by atoms with E-state index in [1.807, 2.05) is 30.3 Å². The first kappa shape index (κ1) is 14.3. The van der Waals surface area contributed by atoms with Gasteiger partial charge in [0.1, 0.15) is 12.1 Å². The molecule has 3 rings (SSSR count). The van der Waals surface area contributed by atoms with Gasteiger partial charge in [-0.1, -0.05) is 52.8 Å². The molecule has 1 aromatic rings. The van der Waals surface area contributed by atoms with Gasteiger partial charge in [0.2, 0.25) is 11.8 Å². The van der Waals surface area contributed by atoms with Crippen molar-refractivity contribution in [1.82, 2.24) is 10.2 Å². The maximum absolute atomic E-state index is 12.7. The van der Waals surface area contributed by atoms with Crippen LogP contribution in [0.25, 0.3) is 0 Å². The summed E-state index contributed by atoms with van der Waals surface area (Å²) < 4.78 is 0.695. The highest BCUT2D eigenvalue weighted by atomic mass is 79.9. The van der Waals surface area contributed by atoms with E-state index in [4.69, 9.17) is 0 Å². The molecule has 1 saturated carbocycles. The van der Waals surface area contributed by atoms with E-state index in [9.17, 15) is 9.59 Å². The summed E-state index contributed by atoms with van der Waals surface area (Å²) >= 11 is 3.31. The van der Waals surface area contributed by atoms with Crippen molar-refractivity contribution in [1.29, 1.82) is 0 Å². The number of carbonyl (C=O) groups is 2. The van der Waals surface area contributed by atoms with Gasteiger partial charge in [0.15, 0.2) is 0 Å². The Morgan fingerprint density at radius 3 is 2.52 bits per heavy atom. The van der Waals surface area contributed by atoms with Gasteiger partial charge in [0.25, 0.3) is 0 Å². The number of carbonyl (C=O) groups excluding carboxylic acids is 2. The summed E-state index contributed by atoms with van der Waals surface area (Å²) in [6.45, 7) is 4.16. The third-order valence-electron chi connectivity index (χ3n) is 3.96. The Kier molecular flexibility index (Phi) is 3.85. The molecular weight excluding hydrogens is 332 g/mol. The molecule has 1 saturated heterocycles. The average Bonchev–Trinajstić information content (AvgIpc) is 3.27. The third kappa shape index (κ3) is 2.88. The van der Waals surface area contributed by atoms with Gasteiger partial charge in [0.05, 0.1) is 6.54 Å². The van der Waals surface area contributed by atoms with Gasteiger partial charge in [-0.05, 0) is 24.3 Å². The molecule has 0 aromatic heterocycles. The lowest BCUT2D eigenvalue weighted by Gasteiger charge is -2.39. The summed E-state index contributed by atoms with van der Waals surface area (Å²) in [6, 6.07) is 8.44. The van der Waals surface area contributed by atoms with Crippen LogP contribution in [0.4, 0.5) is 0 Å². The minimum atomic E-state index is -0.581. The zero-order valence-corrected chi connectivity index (χ0v) is 13.2. The molecule has 2 amide bonds. The molecule has 1 aliphatic carbocycles. The maximum Gasteiger partial charge on any atom is 0.248 e. The number of nitrogens with one attached hydrogen (secondary N) is 1. The summed E-state index contributed by atoms with van der Waals surface area (Å²) in [5.41, 5.74) is 0.825. The lowest BCUT2D eigenvalue weighted by Crippen LogP contribution is -2.60. The van der Waals surface area contributed by atoms with Crippen LogP contribution in [-0.2, 0) is 9.59 Å². The molecule has 2 fully saturated rings. The zero-order valence-electron chi connectivity index (χ0n) is 11.6. The predicted octanol–water partition coefficient (Wildman–Crippen LogP) is 2.37. The standard InChI is InChI=1S/C16H17BrN2O2/c1-10(17)9-19-14(12-5-3-2-4-6-12)15(20)18-13(16(19)21)11-7-8-11/h2-6,11,13-14H,1,7-9H2,(H,18,20). The average molecular weight is 349 g/mol. The molecule has 1 aromatic carbocycles. The number of piperazine rings is 1. The Hall–Kier alpha value is -1.62. The number of hydrogen-bond donors (Lipinski definition) is 1. The smallest absolute Gasteiger partial charge is 0.248 e. The normalized spacial score (nSPS) is 25.7. The van der Waals surface area contributed by atoms with Crippen molar-refractivity contribution in [3.05, 3.63) is 47.0 Å². The van der Waals surface area contributed by atoms with E-state index in [1.165, 1.54) is 0 Å². The van der Waals surface area contributed by atoms with E-state index in [0.29, 0.717) is 16.9 Å². The van der Waals surface area contributed by atoms with Crippen LogP contribution in [0.3, 0.4) is 0 Å². The van der Waals surface area contributed by atoms with Crippen LogP contribution in [0.15, 0.2) is 41.4 Å². The summed E-state index contributed by atoms with van der Waals surface area (Å²) in [5, 5.41) is 2.90. The van der Waals surface area contributed by atoms with Crippen LogP contribution in [0.5, 0.6) is 0 Å². The van der Waals surface area contributed by atoms with E-state index in [1.54, 1.807) is 4.90 Å². The molecule has 2 unspecified atom stereocenters. The summed E-state index contributed by atoms with van der Waals surface area (Å²) in [4.78, 5) is 26.9. The van der Waals surface area contributed by atoms with Gasteiger partial charge in [-0.25, -0.2) is 0 Å². The van der Waals surface area contributed by atoms with Gasteiger partial charge < -0.3 is 10.2 Å². The molecule has 5 heteroatoms. The van der Waals surface area contributed by atoms with E-state index in [0.717, 1.165) is 18.4 Å². The highest BCUT2D eigenvalue weighted by Crippen LogP contribution is 2.37. The second kappa shape index (κ2) is 5.64. The molecular formula is C16H17BrN2O2. The first-order chi connectivity index (χ1) is 10.1. The highest BCUT2D eigenvalue weighted by molar-refractivity contribution is 9.11. The SMILES string of the molecule is C=C(Br)CN1C(=O)C(C2CC2)NC(=O)C1c1ccccc1. The van der Waals surface area contributed by atoms with E-state index >= 15 is 0 Å². The van der Waals surface area contributed by atoms with E-state index in [-0.39, 0.29) is 17.9 Å². The number of hydrogen-bond acceptors (Lipinski definition) is 2. The maximum atomic E-state index is 12.7. The second-order valence-electron chi connectivity index (χ2n) is 5.62. The fourth-order valence-corrected chi connectivity index (χ4v) is 3.08. The van der Waals surface area contributed by atoms with Gasteiger partial charge in [-0.3, -0.25) is 9.59 Å². The van der Waals surface area contributed by atoms with Crippen molar-refractivity contribution in [3.8, 4) is 0 Å². The van der Waals surface area contributed by atoms with Crippen molar-refractivity contribution < 1.29 is 9.59 Å². The molecule has 21 heavy (non-hydrogen) atoms. The molecule has 1 aliphatic heterocycles. The summed E-state index contributed by atoms with van der Waals surface area (Å²) in [5.74, 6) is 0.183. The lowest BCUT2D eigenvalue weighted by atomic mass is 9.98.